The Hall–Kier alpha value is -14.0. The molecule has 0 N–H and O–H groups in total. The van der Waals surface area contributed by atoms with Gasteiger partial charge in [-0.05, 0) is 118 Å². The molecule has 0 unspecified atom stereocenters. The fourth-order valence-corrected chi connectivity index (χ4v) is 15.0. The monoisotopic (exact) mass is 1830 g/mol. The van der Waals surface area contributed by atoms with E-state index in [0.717, 1.165) is 83.9 Å². The molecule has 1 radical (unpaired) electrons. The van der Waals surface area contributed by atoms with Crippen molar-refractivity contribution in [3.8, 4) is 84.3 Å². The number of fused-ring (bicyclic) bond motifs is 12. The van der Waals surface area contributed by atoms with Crippen LogP contribution in [-0.2, 0) is 40.2 Å². The first-order valence-corrected chi connectivity index (χ1v) is 37.5. The molecule has 0 aliphatic heterocycles. The average molecular weight is 1830 g/mol. The summed E-state index contributed by atoms with van der Waals surface area (Å²) in [6.07, 6.45) is 11.2. The van der Waals surface area contributed by atoms with Crippen molar-refractivity contribution < 1.29 is 40.2 Å². The molecule has 0 saturated heterocycles. The van der Waals surface area contributed by atoms with E-state index >= 15 is 0 Å². The van der Waals surface area contributed by atoms with E-state index in [1.165, 1.54) is 87.7 Å². The van der Waals surface area contributed by atoms with Crippen molar-refractivity contribution in [3.05, 3.63) is 444 Å². The zero-order chi connectivity index (χ0) is 75.5. The van der Waals surface area contributed by atoms with Crippen molar-refractivity contribution in [2.24, 2.45) is 0 Å². The molecule has 0 saturated carbocycles. The third kappa shape index (κ3) is 15.7. The number of aromatic nitrogens is 9. The van der Waals surface area contributed by atoms with E-state index in [2.05, 4.69) is 323 Å². The standard InChI is InChI=1S/C24H16N2.3C23H15N2.C11H8N.2Ir/c1-3-7-17(8-4-1)19-13-15-25-23-21(19)11-12-22-20(14-16-26-24(22)23)18-9-5-2-6-10-18;3*1-2-8-17(9-3-1)21-16-18(14-15-24-21)25-22-12-6-4-10-19(22)20-11-5-7-13-23(20)25;1-2-6-10(7-3-1)11-8-4-5-9-12-11;;/h1-16H;3*1-8,10-16H;1-6,8-9H;;/q;4*-1;;+3. The van der Waals surface area contributed by atoms with Crippen molar-refractivity contribution in [3.63, 3.8) is 0 Å². The third-order valence-electron chi connectivity index (χ3n) is 20.1. The van der Waals surface area contributed by atoms with E-state index in [0.29, 0.717) is 0 Å². The van der Waals surface area contributed by atoms with Crippen LogP contribution in [0.1, 0.15) is 0 Å². The van der Waals surface area contributed by atoms with Crippen molar-refractivity contribution >= 4 is 87.2 Å². The molecule has 9 heterocycles. The molecule has 22 aromatic rings. The Bertz CT molecular complexity index is 6290. The summed E-state index contributed by atoms with van der Waals surface area (Å²) in [5.74, 6) is 0. The molecule has 0 amide bonds. The maximum Gasteiger partial charge on any atom is 3.00 e. The van der Waals surface area contributed by atoms with Crippen LogP contribution in [0.3, 0.4) is 0 Å². The number of hydrogen-bond donors (Lipinski definition) is 0. The van der Waals surface area contributed by atoms with Crippen LogP contribution in [0.2, 0.25) is 0 Å². The Morgan fingerprint density at radius 3 is 0.748 bits per heavy atom. The summed E-state index contributed by atoms with van der Waals surface area (Å²) in [5.41, 5.74) is 25.0. The molecule has 9 aromatic heterocycles. The van der Waals surface area contributed by atoms with Gasteiger partial charge in [-0.15, -0.1) is 144 Å². The van der Waals surface area contributed by atoms with Crippen LogP contribution >= 0.6 is 0 Å². The van der Waals surface area contributed by atoms with Gasteiger partial charge >= 0.3 is 20.1 Å². The maximum absolute atomic E-state index is 4.67. The molecule has 0 aliphatic carbocycles. The SMILES string of the molecule is [Ir+3].[Ir].[c-]1ccccc1-c1cc(-n2c3ccccc3c3ccccc32)ccn1.[c-]1ccccc1-c1cc(-n2c3ccccc3c3ccccc32)ccn1.[c-]1ccccc1-c1cc(-n2c3ccccc3c3ccccc32)ccn1.[c-]1ccccc1-c1ccccn1.c1ccc(-c2ccnc3c2ccc2c(-c4ccccc4)ccnc23)cc1. The summed E-state index contributed by atoms with van der Waals surface area (Å²) < 4.78 is 6.91. The predicted molar refractivity (Wildman–Crippen MR) is 465 cm³/mol. The Morgan fingerprint density at radius 2 is 0.461 bits per heavy atom. The molecular formula is C104H69Ir2N9-. The molecule has 0 aliphatic rings. The predicted octanol–water partition coefficient (Wildman–Crippen LogP) is 25.6. The molecule has 9 nitrogen and oxygen atoms in total. The molecule has 13 aromatic carbocycles. The van der Waals surface area contributed by atoms with Gasteiger partial charge in [0.25, 0.3) is 0 Å². The summed E-state index contributed by atoms with van der Waals surface area (Å²) in [4.78, 5) is 27.2. The second-order valence-electron chi connectivity index (χ2n) is 26.9. The Kier molecular flexibility index (Phi) is 22.9. The Morgan fingerprint density at radius 1 is 0.200 bits per heavy atom. The average Bonchev–Trinajstić information content (AvgIpc) is 1.44. The molecule has 115 heavy (non-hydrogen) atoms. The van der Waals surface area contributed by atoms with Crippen LogP contribution < -0.4 is 0 Å². The summed E-state index contributed by atoms with van der Waals surface area (Å²) >= 11 is 0. The van der Waals surface area contributed by atoms with E-state index in [4.69, 9.17) is 0 Å². The van der Waals surface area contributed by atoms with Crippen LogP contribution in [-0.4, -0.2) is 43.6 Å². The summed E-state index contributed by atoms with van der Waals surface area (Å²) in [6, 6.07) is 144. The summed E-state index contributed by atoms with van der Waals surface area (Å²) in [5, 5.41) is 9.86. The Balaban J connectivity index is 0.000000109. The molecule has 0 bridgehead atoms. The van der Waals surface area contributed by atoms with E-state index in [9.17, 15) is 0 Å². The van der Waals surface area contributed by atoms with Crippen molar-refractivity contribution in [2.45, 2.75) is 0 Å². The second kappa shape index (κ2) is 35.1. The molecule has 11 heteroatoms. The second-order valence-corrected chi connectivity index (χ2v) is 26.9. The van der Waals surface area contributed by atoms with E-state index < -0.39 is 0 Å². The van der Waals surface area contributed by atoms with Gasteiger partial charge in [0.1, 0.15) is 0 Å². The smallest absolute Gasteiger partial charge is 0.310 e. The van der Waals surface area contributed by atoms with Gasteiger partial charge < -0.3 is 33.6 Å². The topological polar surface area (TPSA) is 92.1 Å². The van der Waals surface area contributed by atoms with E-state index in [-0.39, 0.29) is 40.2 Å². The Labute approximate surface area is 693 Å². The summed E-state index contributed by atoms with van der Waals surface area (Å²) in [6.45, 7) is 0. The van der Waals surface area contributed by atoms with Gasteiger partial charge in [-0.1, -0.05) is 212 Å². The fraction of sp³-hybridized carbons (Fsp3) is 0. The zero-order valence-corrected chi connectivity index (χ0v) is 66.8. The number of nitrogens with zero attached hydrogens (tertiary/aromatic N) is 9. The quantitative estimate of drug-likeness (QED) is 0.106. The molecule has 0 atom stereocenters. The van der Waals surface area contributed by atoms with Crippen molar-refractivity contribution in [1.29, 1.82) is 0 Å². The largest absolute Gasteiger partial charge is 3.00 e. The van der Waals surface area contributed by atoms with Gasteiger partial charge in [-0.3, -0.25) is 9.97 Å². The van der Waals surface area contributed by atoms with Gasteiger partial charge in [0.15, 0.2) is 0 Å². The normalized spacial score (nSPS) is 10.8. The molecule has 0 spiro atoms. The third-order valence-corrected chi connectivity index (χ3v) is 20.1. The van der Waals surface area contributed by atoms with Gasteiger partial charge in [-0.2, -0.15) is 0 Å². The van der Waals surface area contributed by atoms with Crippen molar-refractivity contribution in [2.75, 3.05) is 0 Å². The molecular weight excluding hydrogens is 1760 g/mol. The maximum atomic E-state index is 4.67. The first-order valence-electron chi connectivity index (χ1n) is 37.5. The minimum Gasteiger partial charge on any atom is -0.310 e. The summed E-state index contributed by atoms with van der Waals surface area (Å²) in [7, 11) is 0. The number of para-hydroxylation sites is 6. The minimum atomic E-state index is 0. The van der Waals surface area contributed by atoms with Crippen LogP contribution in [0.15, 0.2) is 419 Å². The molecule has 0 fully saturated rings. The number of rotatable bonds is 9. The van der Waals surface area contributed by atoms with Crippen LogP contribution in [0.4, 0.5) is 0 Å². The van der Waals surface area contributed by atoms with Crippen molar-refractivity contribution in [1.82, 2.24) is 43.6 Å². The number of hydrogen-bond acceptors (Lipinski definition) is 6. The van der Waals surface area contributed by atoms with Crippen LogP contribution in [0, 0.1) is 24.3 Å². The van der Waals surface area contributed by atoms with Gasteiger partial charge in [-0.25, -0.2) is 0 Å². The molecule has 549 valence electrons. The van der Waals surface area contributed by atoms with E-state index in [1.54, 1.807) is 6.20 Å². The number of pyridine rings is 6. The minimum absolute atomic E-state index is 0. The van der Waals surface area contributed by atoms with Gasteiger partial charge in [0.05, 0.1) is 44.1 Å². The first-order chi connectivity index (χ1) is 56.1. The zero-order valence-electron chi connectivity index (χ0n) is 62.0. The van der Waals surface area contributed by atoms with Gasteiger partial charge in [0, 0.05) is 117 Å². The van der Waals surface area contributed by atoms with Crippen LogP contribution in [0.25, 0.3) is 172 Å². The first kappa shape index (κ1) is 75.0. The van der Waals surface area contributed by atoms with Gasteiger partial charge in [0.2, 0.25) is 0 Å². The fourth-order valence-electron chi connectivity index (χ4n) is 15.0. The molecule has 22 rings (SSSR count). The number of benzene rings is 13. The van der Waals surface area contributed by atoms with E-state index in [1.807, 2.05) is 158 Å². The van der Waals surface area contributed by atoms with Crippen LogP contribution in [0.5, 0.6) is 0 Å².